The molecule has 0 bridgehead atoms. The lowest BCUT2D eigenvalue weighted by atomic mass is 10.2. The summed E-state index contributed by atoms with van der Waals surface area (Å²) >= 11 is 0. The minimum absolute atomic E-state index is 0. The summed E-state index contributed by atoms with van der Waals surface area (Å²) in [5.41, 5.74) is 5.07. The first-order chi connectivity index (χ1) is 6.95. The number of hydrazone groups is 1. The molecule has 5 heteroatoms. The number of nitrogens with zero attached hydrogens (tertiary/aromatic N) is 3. The molecule has 0 saturated carbocycles. The monoisotopic (exact) mass is 220 g/mol. The van der Waals surface area contributed by atoms with Gasteiger partial charge in [0, 0.05) is 11.8 Å². The van der Waals surface area contributed by atoms with Crippen molar-refractivity contribution in [2.75, 3.05) is 4.90 Å². The van der Waals surface area contributed by atoms with Crippen molar-refractivity contribution in [3.63, 3.8) is 0 Å². The Hall–Kier alpha value is -1.81. The third-order valence-electron chi connectivity index (χ3n) is 2.22. The van der Waals surface area contributed by atoms with Crippen LogP contribution in [-0.4, -0.2) is 12.6 Å². The van der Waals surface area contributed by atoms with Crippen LogP contribution in [0.15, 0.2) is 46.4 Å². The highest BCUT2D eigenvalue weighted by Gasteiger charge is 2.18. The molecule has 1 aromatic rings. The van der Waals surface area contributed by atoms with E-state index in [2.05, 4.69) is 15.5 Å². The Morgan fingerprint density at radius 3 is 3.00 bits per heavy atom. The molecule has 0 atom stereocenters. The van der Waals surface area contributed by atoms with E-state index in [0.717, 1.165) is 17.1 Å². The van der Waals surface area contributed by atoms with E-state index in [4.69, 9.17) is 0 Å². The molecule has 2 aliphatic heterocycles. The van der Waals surface area contributed by atoms with Crippen molar-refractivity contribution >= 4 is 30.6 Å². The lowest BCUT2D eigenvalue weighted by Crippen LogP contribution is -2.20. The van der Waals surface area contributed by atoms with Crippen molar-refractivity contribution in [1.82, 2.24) is 5.43 Å². The van der Waals surface area contributed by atoms with Crippen molar-refractivity contribution in [1.29, 1.82) is 0 Å². The molecule has 0 spiro atoms. The number of aliphatic imine (C=N–C) groups is 1. The Morgan fingerprint density at radius 2 is 2.07 bits per heavy atom. The van der Waals surface area contributed by atoms with Crippen LogP contribution in [0.25, 0.3) is 0 Å². The highest BCUT2D eigenvalue weighted by Crippen LogP contribution is 2.24. The first-order valence-corrected chi connectivity index (χ1v) is 4.36. The summed E-state index contributed by atoms with van der Waals surface area (Å²) in [6, 6.07) is 8.07. The maximum atomic E-state index is 4.18. The first kappa shape index (κ1) is 9.73. The summed E-state index contributed by atoms with van der Waals surface area (Å²) in [6.07, 6.45) is 5.35. The molecule has 1 aromatic carbocycles. The number of rotatable bonds is 0. The molecule has 76 valence electrons. The van der Waals surface area contributed by atoms with Gasteiger partial charge in [0.1, 0.15) is 6.34 Å². The molecule has 2 aliphatic rings. The molecule has 0 radical (unpaired) electrons. The van der Waals surface area contributed by atoms with Crippen LogP contribution < -0.4 is 10.3 Å². The Labute approximate surface area is 93.4 Å². The van der Waals surface area contributed by atoms with Crippen molar-refractivity contribution in [3.05, 3.63) is 41.8 Å². The molecule has 0 aromatic heterocycles. The van der Waals surface area contributed by atoms with Gasteiger partial charge in [-0.25, -0.2) is 0 Å². The minimum Gasteiger partial charge on any atom is -0.282 e. The van der Waals surface area contributed by atoms with Crippen LogP contribution in [0.5, 0.6) is 0 Å². The molecule has 0 aliphatic carbocycles. The van der Waals surface area contributed by atoms with E-state index < -0.39 is 0 Å². The molecule has 3 rings (SSSR count). The molecule has 4 nitrogen and oxygen atoms in total. The zero-order valence-corrected chi connectivity index (χ0v) is 8.61. The second-order valence-corrected chi connectivity index (χ2v) is 3.08. The fourth-order valence-electron chi connectivity index (χ4n) is 1.56. The van der Waals surface area contributed by atoms with E-state index in [1.54, 1.807) is 12.5 Å². The lowest BCUT2D eigenvalue weighted by molar-refractivity contribution is 0.915. The standard InChI is InChI=1S/C10H8N4.ClH/c1-2-4-9-8(3-1)5-11-6-10-13-12-7-14(9)10;/h1-7,13H;1H. The van der Waals surface area contributed by atoms with Crippen LogP contribution >= 0.6 is 12.4 Å². The van der Waals surface area contributed by atoms with E-state index in [9.17, 15) is 0 Å². The second-order valence-electron chi connectivity index (χ2n) is 3.08. The maximum Gasteiger partial charge on any atom is 0.151 e. The number of hydrogen-bond acceptors (Lipinski definition) is 4. The van der Waals surface area contributed by atoms with Gasteiger partial charge in [-0.3, -0.25) is 15.3 Å². The molecule has 0 amide bonds. The van der Waals surface area contributed by atoms with Gasteiger partial charge in [-0.05, 0) is 6.07 Å². The number of halogens is 1. The smallest absolute Gasteiger partial charge is 0.151 e. The SMILES string of the molecule is C1=NC=C2NN=CN2c2ccccc21.Cl. The summed E-state index contributed by atoms with van der Waals surface area (Å²) in [4.78, 5) is 6.16. The third kappa shape index (κ3) is 1.49. The van der Waals surface area contributed by atoms with Crippen molar-refractivity contribution < 1.29 is 0 Å². The summed E-state index contributed by atoms with van der Waals surface area (Å²) in [7, 11) is 0. The molecular formula is C10H9ClN4. The molecular weight excluding hydrogens is 212 g/mol. The van der Waals surface area contributed by atoms with Gasteiger partial charge < -0.3 is 0 Å². The molecule has 15 heavy (non-hydrogen) atoms. The molecule has 1 N–H and O–H groups in total. The van der Waals surface area contributed by atoms with Crippen LogP contribution in [0.1, 0.15) is 5.56 Å². The van der Waals surface area contributed by atoms with Crippen LogP contribution in [0.3, 0.4) is 0 Å². The van der Waals surface area contributed by atoms with E-state index in [1.807, 2.05) is 35.4 Å². The van der Waals surface area contributed by atoms with Gasteiger partial charge in [-0.2, -0.15) is 5.10 Å². The molecule has 2 heterocycles. The van der Waals surface area contributed by atoms with Gasteiger partial charge in [-0.1, -0.05) is 18.2 Å². The minimum atomic E-state index is 0. The van der Waals surface area contributed by atoms with Crippen molar-refractivity contribution in [2.24, 2.45) is 10.1 Å². The number of anilines is 1. The highest BCUT2D eigenvalue weighted by molar-refractivity contribution is 5.97. The normalized spacial score (nSPS) is 15.7. The largest absolute Gasteiger partial charge is 0.282 e. The van der Waals surface area contributed by atoms with Crippen LogP contribution in [0, 0.1) is 0 Å². The summed E-state index contributed by atoms with van der Waals surface area (Å²) in [6.45, 7) is 0. The number of hydrogen-bond donors (Lipinski definition) is 1. The number of benzene rings is 1. The Kier molecular flexibility index (Phi) is 2.43. The van der Waals surface area contributed by atoms with Gasteiger partial charge in [0.15, 0.2) is 5.82 Å². The maximum absolute atomic E-state index is 4.18. The Balaban J connectivity index is 0.000000853. The van der Waals surface area contributed by atoms with Crippen LogP contribution in [0.4, 0.5) is 5.69 Å². The predicted molar refractivity (Wildman–Crippen MR) is 63.5 cm³/mol. The lowest BCUT2D eigenvalue weighted by Gasteiger charge is -2.15. The van der Waals surface area contributed by atoms with Gasteiger partial charge in [0.25, 0.3) is 0 Å². The average molecular weight is 221 g/mol. The summed E-state index contributed by atoms with van der Waals surface area (Å²) < 4.78 is 0. The first-order valence-electron chi connectivity index (χ1n) is 4.36. The topological polar surface area (TPSA) is 40.0 Å². The predicted octanol–water partition coefficient (Wildman–Crippen LogP) is 1.69. The molecule has 0 saturated heterocycles. The van der Waals surface area contributed by atoms with E-state index in [1.165, 1.54) is 0 Å². The Bertz CT molecular complexity index is 464. The van der Waals surface area contributed by atoms with E-state index >= 15 is 0 Å². The fourth-order valence-corrected chi connectivity index (χ4v) is 1.56. The van der Waals surface area contributed by atoms with Gasteiger partial charge in [0.05, 0.1) is 11.9 Å². The quantitative estimate of drug-likeness (QED) is 0.723. The molecule has 0 unspecified atom stereocenters. The van der Waals surface area contributed by atoms with Crippen LogP contribution in [-0.2, 0) is 0 Å². The highest BCUT2D eigenvalue weighted by atomic mass is 35.5. The van der Waals surface area contributed by atoms with E-state index in [0.29, 0.717) is 0 Å². The van der Waals surface area contributed by atoms with Gasteiger partial charge in [0.2, 0.25) is 0 Å². The van der Waals surface area contributed by atoms with Crippen LogP contribution in [0.2, 0.25) is 0 Å². The fraction of sp³-hybridized carbons (Fsp3) is 0. The van der Waals surface area contributed by atoms with Gasteiger partial charge >= 0.3 is 0 Å². The summed E-state index contributed by atoms with van der Waals surface area (Å²) in [5.74, 6) is 0.881. The zero-order valence-electron chi connectivity index (χ0n) is 7.79. The average Bonchev–Trinajstić information content (AvgIpc) is 2.61. The number of nitrogens with one attached hydrogen (secondary N) is 1. The zero-order chi connectivity index (χ0) is 9.38. The number of para-hydroxylation sites is 1. The second kappa shape index (κ2) is 3.74. The van der Waals surface area contributed by atoms with Gasteiger partial charge in [-0.15, -0.1) is 12.4 Å². The number of fused-ring (bicyclic) bond motifs is 3. The third-order valence-corrected chi connectivity index (χ3v) is 2.22. The van der Waals surface area contributed by atoms with E-state index in [-0.39, 0.29) is 12.4 Å². The van der Waals surface area contributed by atoms with Crippen molar-refractivity contribution in [2.45, 2.75) is 0 Å². The Morgan fingerprint density at radius 1 is 1.20 bits per heavy atom. The summed E-state index contributed by atoms with van der Waals surface area (Å²) in [5, 5.41) is 3.98. The van der Waals surface area contributed by atoms with Crippen molar-refractivity contribution in [3.8, 4) is 0 Å². The molecule has 0 fully saturated rings.